The van der Waals surface area contributed by atoms with Crippen molar-refractivity contribution in [3.05, 3.63) is 70.6 Å². The van der Waals surface area contributed by atoms with Crippen molar-refractivity contribution >= 4 is 43.3 Å². The average Bonchev–Trinajstić information content (AvgIpc) is 3.70. The van der Waals surface area contributed by atoms with Gasteiger partial charge in [0.1, 0.15) is 10.6 Å². The van der Waals surface area contributed by atoms with Crippen LogP contribution in [0.3, 0.4) is 0 Å². The molecule has 41 heavy (non-hydrogen) atoms. The van der Waals surface area contributed by atoms with E-state index in [9.17, 15) is 13.2 Å². The molecule has 0 radical (unpaired) electrons. The summed E-state index contributed by atoms with van der Waals surface area (Å²) < 4.78 is 27.3. The van der Waals surface area contributed by atoms with E-state index in [2.05, 4.69) is 17.0 Å². The third-order valence-electron chi connectivity index (χ3n) is 8.50. The zero-order valence-corrected chi connectivity index (χ0v) is 24.6. The number of aryl methyl sites for hydroxylation is 2. The molecular formula is C31H33N5O3S2. The molecule has 8 nitrogen and oxygen atoms in total. The van der Waals surface area contributed by atoms with Gasteiger partial charge in [-0.05, 0) is 68.4 Å². The molecule has 2 aromatic heterocycles. The van der Waals surface area contributed by atoms with Crippen molar-refractivity contribution in [1.82, 2.24) is 19.2 Å². The molecule has 7 rings (SSSR count). The van der Waals surface area contributed by atoms with Crippen molar-refractivity contribution < 1.29 is 13.2 Å². The van der Waals surface area contributed by atoms with E-state index in [4.69, 9.17) is 9.97 Å². The minimum Gasteiger partial charge on any atom is -0.352 e. The van der Waals surface area contributed by atoms with E-state index >= 15 is 0 Å². The topological polar surface area (TPSA) is 86.7 Å². The van der Waals surface area contributed by atoms with Gasteiger partial charge in [0, 0.05) is 55.3 Å². The fourth-order valence-electron chi connectivity index (χ4n) is 6.23. The van der Waals surface area contributed by atoms with E-state index < -0.39 is 10.0 Å². The number of nitrogens with zero attached hydrogens (tertiary/aromatic N) is 5. The van der Waals surface area contributed by atoms with Crippen LogP contribution in [0.1, 0.15) is 46.5 Å². The molecule has 0 saturated carbocycles. The smallest absolute Gasteiger partial charge is 0.253 e. The second kappa shape index (κ2) is 10.8. The first-order chi connectivity index (χ1) is 20.0. The van der Waals surface area contributed by atoms with Crippen LogP contribution >= 0.6 is 11.3 Å². The van der Waals surface area contributed by atoms with Crippen molar-refractivity contribution in [1.29, 1.82) is 0 Å². The number of hydrogen-bond donors (Lipinski definition) is 0. The number of carbonyl (C=O) groups is 1. The van der Waals surface area contributed by atoms with Gasteiger partial charge in [0.15, 0.2) is 5.82 Å². The van der Waals surface area contributed by atoms with Crippen LogP contribution in [-0.4, -0.2) is 72.8 Å². The number of rotatable bonds is 5. The number of aromatic nitrogens is 2. The first-order valence-corrected chi connectivity index (χ1v) is 16.8. The molecule has 10 heteroatoms. The minimum atomic E-state index is -3.50. The largest absolute Gasteiger partial charge is 0.352 e. The van der Waals surface area contributed by atoms with E-state index in [1.165, 1.54) is 33.0 Å². The Morgan fingerprint density at radius 1 is 0.780 bits per heavy atom. The predicted molar refractivity (Wildman–Crippen MR) is 162 cm³/mol. The Bertz CT molecular complexity index is 1690. The summed E-state index contributed by atoms with van der Waals surface area (Å²) in [6, 6.07) is 16.6. The van der Waals surface area contributed by atoms with Gasteiger partial charge in [-0.15, -0.1) is 11.3 Å². The molecule has 4 aromatic rings. The minimum absolute atomic E-state index is 0.0690. The Labute approximate surface area is 244 Å². The van der Waals surface area contributed by atoms with Crippen LogP contribution in [0.5, 0.6) is 0 Å². The molecule has 212 valence electrons. The highest BCUT2D eigenvalue weighted by Gasteiger charge is 2.30. The molecule has 2 aliphatic heterocycles. The van der Waals surface area contributed by atoms with Crippen LogP contribution in [0.15, 0.2) is 59.5 Å². The SMILES string of the molecule is O=C(c1ccc(S(=O)(=O)N2CCCC2)cc1)N1CCN(c2nc(-c3ccccc3)nc3sc4c(c23)CCCC4)CC1. The number of benzene rings is 2. The van der Waals surface area contributed by atoms with Gasteiger partial charge in [0.25, 0.3) is 5.91 Å². The maximum Gasteiger partial charge on any atom is 0.253 e. The van der Waals surface area contributed by atoms with Crippen molar-refractivity contribution in [3.8, 4) is 11.4 Å². The first-order valence-electron chi connectivity index (χ1n) is 14.5. The normalized spacial score (nSPS) is 18.1. The van der Waals surface area contributed by atoms with E-state index in [-0.39, 0.29) is 10.8 Å². The highest BCUT2D eigenvalue weighted by atomic mass is 32.2. The number of sulfonamides is 1. The number of piperazine rings is 1. The standard InChI is InChI=1S/C31H33N5O3S2/c37-31(23-12-14-24(15-13-23)41(38,39)36-16-6-7-17-36)35-20-18-34(19-21-35)29-27-25-10-4-5-11-26(25)40-30(27)33-28(32-29)22-8-2-1-3-9-22/h1-3,8-9,12-15H,4-7,10-11,16-21H2. The fraction of sp³-hybridized carbons (Fsp3) is 0.387. The molecule has 0 bridgehead atoms. The molecule has 0 unspecified atom stereocenters. The summed E-state index contributed by atoms with van der Waals surface area (Å²) in [6.07, 6.45) is 6.38. The van der Waals surface area contributed by atoms with Crippen LogP contribution < -0.4 is 4.90 Å². The molecule has 2 saturated heterocycles. The maximum atomic E-state index is 13.4. The van der Waals surface area contributed by atoms with Crippen LogP contribution in [0.25, 0.3) is 21.6 Å². The zero-order chi connectivity index (χ0) is 28.0. The highest BCUT2D eigenvalue weighted by Crippen LogP contribution is 2.41. The van der Waals surface area contributed by atoms with Crippen molar-refractivity contribution in [2.45, 2.75) is 43.4 Å². The molecule has 3 aliphatic rings. The van der Waals surface area contributed by atoms with Crippen LogP contribution in [-0.2, 0) is 22.9 Å². The Kier molecular flexibility index (Phi) is 7.00. The number of thiophene rings is 1. The van der Waals surface area contributed by atoms with Gasteiger partial charge in [-0.1, -0.05) is 30.3 Å². The Morgan fingerprint density at radius 2 is 1.49 bits per heavy atom. The Hall–Kier alpha value is -3.34. The molecule has 0 atom stereocenters. The van der Waals surface area contributed by atoms with E-state index in [0.29, 0.717) is 44.8 Å². The van der Waals surface area contributed by atoms with Gasteiger partial charge in [-0.25, -0.2) is 18.4 Å². The molecule has 0 N–H and O–H groups in total. The lowest BCUT2D eigenvalue weighted by molar-refractivity contribution is 0.0746. The van der Waals surface area contributed by atoms with Gasteiger partial charge < -0.3 is 9.80 Å². The molecular weight excluding hydrogens is 555 g/mol. The lowest BCUT2D eigenvalue weighted by Gasteiger charge is -2.36. The van der Waals surface area contributed by atoms with Gasteiger partial charge in [-0.2, -0.15) is 4.31 Å². The molecule has 2 aromatic carbocycles. The van der Waals surface area contributed by atoms with Crippen LogP contribution in [0, 0.1) is 0 Å². The second-order valence-electron chi connectivity index (χ2n) is 11.0. The Morgan fingerprint density at radius 3 is 2.22 bits per heavy atom. The summed E-state index contributed by atoms with van der Waals surface area (Å²) >= 11 is 1.81. The van der Waals surface area contributed by atoms with Gasteiger partial charge in [0.05, 0.1) is 10.3 Å². The van der Waals surface area contributed by atoms with Gasteiger partial charge >= 0.3 is 0 Å². The van der Waals surface area contributed by atoms with E-state index in [0.717, 1.165) is 47.7 Å². The fourth-order valence-corrected chi connectivity index (χ4v) is 9.01. The number of carbonyl (C=O) groups excluding carboxylic acids is 1. The predicted octanol–water partition coefficient (Wildman–Crippen LogP) is 4.98. The molecule has 0 spiro atoms. The summed E-state index contributed by atoms with van der Waals surface area (Å²) in [5.74, 6) is 1.66. The number of fused-ring (bicyclic) bond motifs is 3. The van der Waals surface area contributed by atoms with E-state index in [1.807, 2.05) is 34.4 Å². The average molecular weight is 588 g/mol. The van der Waals surface area contributed by atoms with Crippen molar-refractivity contribution in [2.75, 3.05) is 44.2 Å². The van der Waals surface area contributed by atoms with Gasteiger partial charge in [-0.3, -0.25) is 4.79 Å². The van der Waals surface area contributed by atoms with Crippen molar-refractivity contribution in [3.63, 3.8) is 0 Å². The summed E-state index contributed by atoms with van der Waals surface area (Å²) in [5.41, 5.74) is 2.93. The molecule has 1 amide bonds. The summed E-state index contributed by atoms with van der Waals surface area (Å²) in [4.78, 5) is 30.4. The van der Waals surface area contributed by atoms with E-state index in [1.54, 1.807) is 24.3 Å². The maximum absolute atomic E-state index is 13.4. The first kappa shape index (κ1) is 26.6. The van der Waals surface area contributed by atoms with Crippen molar-refractivity contribution in [2.24, 2.45) is 0 Å². The number of amides is 1. The summed E-state index contributed by atoms with van der Waals surface area (Å²) in [6.45, 7) is 3.63. The molecule has 1 aliphatic carbocycles. The molecule has 4 heterocycles. The monoisotopic (exact) mass is 587 g/mol. The number of hydrogen-bond acceptors (Lipinski definition) is 7. The van der Waals surface area contributed by atoms with Crippen LogP contribution in [0.4, 0.5) is 5.82 Å². The van der Waals surface area contributed by atoms with Crippen LogP contribution in [0.2, 0.25) is 0 Å². The lowest BCUT2D eigenvalue weighted by atomic mass is 9.96. The third kappa shape index (κ3) is 4.91. The summed E-state index contributed by atoms with van der Waals surface area (Å²) in [7, 11) is -3.50. The number of anilines is 1. The van der Waals surface area contributed by atoms with Gasteiger partial charge in [0.2, 0.25) is 10.0 Å². The highest BCUT2D eigenvalue weighted by molar-refractivity contribution is 7.89. The molecule has 2 fully saturated rings. The quantitative estimate of drug-likeness (QED) is 0.327. The second-order valence-corrected chi connectivity index (χ2v) is 14.1. The zero-order valence-electron chi connectivity index (χ0n) is 23.0. The third-order valence-corrected chi connectivity index (χ3v) is 11.6. The Balaban J connectivity index is 1.12. The summed E-state index contributed by atoms with van der Waals surface area (Å²) in [5, 5.41) is 1.19. The lowest BCUT2D eigenvalue weighted by Crippen LogP contribution is -2.49.